The standard InChI is InChI=1S/C22H27N5/c23-12-18-20(17-7-3-5-14-4-1-2-6-16(14)17)19(13-24)22(25)27-21(18)15-8-10-26-11-9-15/h3,5,7,13,15,20,26H,1-2,4,6,8-11,24H2,(H2,25,27)/b19-13-. The molecule has 2 heterocycles. The minimum absolute atomic E-state index is 0.199. The number of amidine groups is 1. The predicted octanol–water partition coefficient (Wildman–Crippen LogP) is 2.64. The Morgan fingerprint density at radius 2 is 1.96 bits per heavy atom. The Bertz CT molecular complexity index is 865. The normalized spacial score (nSPS) is 25.1. The third-order valence-corrected chi connectivity index (χ3v) is 6.18. The number of aryl methyl sites for hydroxylation is 1. The lowest BCUT2D eigenvalue weighted by Crippen LogP contribution is -2.33. The molecule has 1 aromatic rings. The Balaban J connectivity index is 1.88. The SMILES string of the molecule is N#CC1=C(C2CCNCC2)N=C(N)/C(=C\N)C1c1cccc2c1CCCC2. The molecule has 1 aromatic carbocycles. The maximum absolute atomic E-state index is 10.1. The Morgan fingerprint density at radius 3 is 2.70 bits per heavy atom. The summed E-state index contributed by atoms with van der Waals surface area (Å²) in [5, 5.41) is 13.5. The van der Waals surface area contributed by atoms with Gasteiger partial charge in [0.2, 0.25) is 0 Å². The van der Waals surface area contributed by atoms with E-state index >= 15 is 0 Å². The maximum Gasteiger partial charge on any atom is 0.129 e. The van der Waals surface area contributed by atoms with E-state index in [0.29, 0.717) is 5.84 Å². The zero-order valence-corrected chi connectivity index (χ0v) is 15.7. The molecule has 5 nitrogen and oxygen atoms in total. The van der Waals surface area contributed by atoms with Crippen molar-refractivity contribution in [2.75, 3.05) is 13.1 Å². The van der Waals surface area contributed by atoms with Crippen LogP contribution in [-0.2, 0) is 12.8 Å². The fourth-order valence-corrected chi connectivity index (χ4v) is 4.82. The lowest BCUT2D eigenvalue weighted by Gasteiger charge is -2.32. The van der Waals surface area contributed by atoms with Crippen molar-refractivity contribution in [3.63, 3.8) is 0 Å². The summed E-state index contributed by atoms with van der Waals surface area (Å²) in [6, 6.07) is 8.96. The molecule has 27 heavy (non-hydrogen) atoms. The van der Waals surface area contributed by atoms with Crippen LogP contribution in [0.15, 0.2) is 46.2 Å². The van der Waals surface area contributed by atoms with Gasteiger partial charge < -0.3 is 16.8 Å². The molecule has 0 aromatic heterocycles. The second-order valence-corrected chi connectivity index (χ2v) is 7.68. The van der Waals surface area contributed by atoms with E-state index in [2.05, 4.69) is 34.6 Å². The highest BCUT2D eigenvalue weighted by atomic mass is 14.9. The van der Waals surface area contributed by atoms with Crippen molar-refractivity contribution in [1.82, 2.24) is 5.32 Å². The zero-order valence-electron chi connectivity index (χ0n) is 15.7. The Hall–Kier alpha value is -2.58. The molecule has 5 N–H and O–H groups in total. The summed E-state index contributed by atoms with van der Waals surface area (Å²) in [5.41, 5.74) is 18.7. The van der Waals surface area contributed by atoms with Gasteiger partial charge in [-0.25, -0.2) is 4.99 Å². The first-order chi connectivity index (χ1) is 13.2. The number of rotatable bonds is 2. The van der Waals surface area contributed by atoms with Crippen molar-refractivity contribution in [3.05, 3.63) is 57.9 Å². The van der Waals surface area contributed by atoms with Crippen molar-refractivity contribution in [3.8, 4) is 6.07 Å². The number of nitrogens with zero attached hydrogens (tertiary/aromatic N) is 2. The average molecular weight is 361 g/mol. The first-order valence-electron chi connectivity index (χ1n) is 9.96. The quantitative estimate of drug-likeness (QED) is 0.754. The van der Waals surface area contributed by atoms with E-state index in [9.17, 15) is 5.26 Å². The number of aliphatic imine (C=N–C) groups is 1. The minimum Gasteiger partial charge on any atom is -0.404 e. The van der Waals surface area contributed by atoms with Gasteiger partial charge in [0.1, 0.15) is 5.84 Å². The van der Waals surface area contributed by atoms with E-state index in [0.717, 1.165) is 55.6 Å². The van der Waals surface area contributed by atoms with Crippen LogP contribution in [0, 0.1) is 17.2 Å². The van der Waals surface area contributed by atoms with Gasteiger partial charge in [0.15, 0.2) is 0 Å². The van der Waals surface area contributed by atoms with Crippen LogP contribution >= 0.6 is 0 Å². The van der Waals surface area contributed by atoms with Crippen molar-refractivity contribution in [2.45, 2.75) is 44.4 Å². The van der Waals surface area contributed by atoms with Crippen molar-refractivity contribution in [2.24, 2.45) is 22.4 Å². The Morgan fingerprint density at radius 1 is 1.19 bits per heavy atom. The molecule has 0 spiro atoms. The highest BCUT2D eigenvalue weighted by Gasteiger charge is 2.35. The molecule has 0 bridgehead atoms. The number of nitriles is 1. The summed E-state index contributed by atoms with van der Waals surface area (Å²) in [5.74, 6) is 0.541. The number of nitrogens with one attached hydrogen (secondary N) is 1. The van der Waals surface area contributed by atoms with Gasteiger partial charge in [-0.3, -0.25) is 0 Å². The zero-order chi connectivity index (χ0) is 18.8. The molecule has 1 atom stereocenters. The van der Waals surface area contributed by atoms with E-state index in [-0.39, 0.29) is 11.8 Å². The number of fused-ring (bicyclic) bond motifs is 1. The fraction of sp³-hybridized carbons (Fsp3) is 0.455. The summed E-state index contributed by atoms with van der Waals surface area (Å²) in [4.78, 5) is 4.67. The Labute approximate surface area is 160 Å². The van der Waals surface area contributed by atoms with Gasteiger partial charge in [-0.2, -0.15) is 5.26 Å². The number of nitrogens with two attached hydrogens (primary N) is 2. The van der Waals surface area contributed by atoms with Gasteiger partial charge in [-0.1, -0.05) is 18.2 Å². The second-order valence-electron chi connectivity index (χ2n) is 7.68. The first kappa shape index (κ1) is 17.8. The molecule has 0 saturated carbocycles. The lowest BCUT2D eigenvalue weighted by atomic mass is 9.74. The molecule has 140 valence electrons. The number of hydrogen-bond donors (Lipinski definition) is 3. The molecular weight excluding hydrogens is 334 g/mol. The molecule has 1 unspecified atom stereocenters. The average Bonchev–Trinajstić information content (AvgIpc) is 2.73. The molecule has 0 radical (unpaired) electrons. The van der Waals surface area contributed by atoms with Crippen LogP contribution in [0.1, 0.15) is 48.3 Å². The van der Waals surface area contributed by atoms with Gasteiger partial charge in [0, 0.05) is 17.7 Å². The van der Waals surface area contributed by atoms with E-state index in [4.69, 9.17) is 11.5 Å². The molecular formula is C22H27N5. The largest absolute Gasteiger partial charge is 0.404 e. The summed E-state index contributed by atoms with van der Waals surface area (Å²) < 4.78 is 0. The topological polar surface area (TPSA) is 100 Å². The van der Waals surface area contributed by atoms with Gasteiger partial charge >= 0.3 is 0 Å². The van der Waals surface area contributed by atoms with Crippen molar-refractivity contribution < 1.29 is 0 Å². The van der Waals surface area contributed by atoms with Gasteiger partial charge in [0.05, 0.1) is 23.3 Å². The Kier molecular flexibility index (Phi) is 5.00. The number of allylic oxidation sites excluding steroid dienone is 2. The van der Waals surface area contributed by atoms with Crippen LogP contribution < -0.4 is 16.8 Å². The molecule has 1 saturated heterocycles. The maximum atomic E-state index is 10.1. The summed E-state index contributed by atoms with van der Waals surface area (Å²) in [6.07, 6.45) is 8.09. The molecule has 5 heteroatoms. The van der Waals surface area contributed by atoms with E-state index in [1.807, 2.05) is 0 Å². The number of benzene rings is 1. The first-order valence-corrected chi connectivity index (χ1v) is 9.96. The number of hydrogen-bond acceptors (Lipinski definition) is 5. The van der Waals surface area contributed by atoms with Crippen LogP contribution in [0.2, 0.25) is 0 Å². The van der Waals surface area contributed by atoms with Crippen molar-refractivity contribution in [1.29, 1.82) is 5.26 Å². The van der Waals surface area contributed by atoms with Crippen LogP contribution in [0.5, 0.6) is 0 Å². The molecule has 1 fully saturated rings. The van der Waals surface area contributed by atoms with Crippen LogP contribution in [-0.4, -0.2) is 18.9 Å². The second kappa shape index (κ2) is 7.58. The number of piperidine rings is 1. The fourth-order valence-electron chi connectivity index (χ4n) is 4.82. The van der Waals surface area contributed by atoms with Crippen molar-refractivity contribution >= 4 is 5.84 Å². The molecule has 4 rings (SSSR count). The van der Waals surface area contributed by atoms with Crippen LogP contribution in [0.4, 0.5) is 0 Å². The molecule has 2 aliphatic heterocycles. The van der Waals surface area contributed by atoms with Gasteiger partial charge in [0.25, 0.3) is 0 Å². The highest BCUT2D eigenvalue weighted by molar-refractivity contribution is 6.01. The molecule has 3 aliphatic rings. The van der Waals surface area contributed by atoms with Crippen LogP contribution in [0.3, 0.4) is 0 Å². The summed E-state index contributed by atoms with van der Waals surface area (Å²) in [6.45, 7) is 1.90. The van der Waals surface area contributed by atoms with E-state index in [1.54, 1.807) is 6.20 Å². The van der Waals surface area contributed by atoms with Crippen LogP contribution in [0.25, 0.3) is 0 Å². The lowest BCUT2D eigenvalue weighted by molar-refractivity contribution is 0.414. The van der Waals surface area contributed by atoms with Gasteiger partial charge in [-0.15, -0.1) is 0 Å². The third-order valence-electron chi connectivity index (χ3n) is 6.18. The minimum atomic E-state index is -0.199. The van der Waals surface area contributed by atoms with E-state index < -0.39 is 0 Å². The monoisotopic (exact) mass is 361 g/mol. The molecule has 0 amide bonds. The highest BCUT2D eigenvalue weighted by Crippen LogP contribution is 2.43. The third kappa shape index (κ3) is 3.15. The summed E-state index contributed by atoms with van der Waals surface area (Å²) >= 11 is 0. The smallest absolute Gasteiger partial charge is 0.129 e. The predicted molar refractivity (Wildman–Crippen MR) is 108 cm³/mol. The summed E-state index contributed by atoms with van der Waals surface area (Å²) in [7, 11) is 0. The van der Waals surface area contributed by atoms with Gasteiger partial charge in [-0.05, 0) is 68.3 Å². The van der Waals surface area contributed by atoms with E-state index in [1.165, 1.54) is 29.5 Å². The molecule has 1 aliphatic carbocycles.